The highest BCUT2D eigenvalue weighted by Crippen LogP contribution is 2.45. The predicted molar refractivity (Wildman–Crippen MR) is 147 cm³/mol. The third-order valence-corrected chi connectivity index (χ3v) is 7.49. The van der Waals surface area contributed by atoms with Crippen molar-refractivity contribution >= 4 is 29.3 Å². The van der Waals surface area contributed by atoms with E-state index in [2.05, 4.69) is 0 Å². The van der Waals surface area contributed by atoms with Crippen molar-refractivity contribution in [2.45, 2.75) is 19.3 Å². The number of alkyl halides is 6. The number of halogens is 6. The zero-order valence-corrected chi connectivity index (χ0v) is 23.1. The first-order valence-electron chi connectivity index (χ1n) is 13.1. The lowest BCUT2D eigenvalue weighted by Gasteiger charge is -2.21. The number of carbonyl (C=O) groups is 4. The van der Waals surface area contributed by atoms with Gasteiger partial charge in [0.15, 0.2) is 0 Å². The summed E-state index contributed by atoms with van der Waals surface area (Å²) in [5.41, 5.74) is -4.56. The lowest BCUT2D eigenvalue weighted by atomic mass is 9.93. The van der Waals surface area contributed by atoms with Gasteiger partial charge >= 0.3 is 12.4 Å². The molecular weight excluding hydrogens is 606 g/mol. The third kappa shape index (κ3) is 4.89. The molecule has 45 heavy (non-hydrogen) atoms. The van der Waals surface area contributed by atoms with Crippen LogP contribution < -0.4 is 9.64 Å². The Morgan fingerprint density at radius 2 is 0.978 bits per heavy atom. The van der Waals surface area contributed by atoms with Crippen LogP contribution in [-0.2, 0) is 12.4 Å². The van der Waals surface area contributed by atoms with Crippen LogP contribution in [0.4, 0.5) is 32.0 Å². The van der Waals surface area contributed by atoms with Crippen LogP contribution in [0.1, 0.15) is 58.1 Å². The monoisotopic (exact) mass is 624 g/mol. The van der Waals surface area contributed by atoms with E-state index in [9.17, 15) is 45.5 Å². The van der Waals surface area contributed by atoms with Crippen LogP contribution in [0.25, 0.3) is 11.1 Å². The fraction of sp³-hybridized carbons (Fsp3) is 0.125. The van der Waals surface area contributed by atoms with Crippen molar-refractivity contribution < 1.29 is 50.3 Å². The van der Waals surface area contributed by atoms with Crippen molar-refractivity contribution in [1.82, 2.24) is 4.90 Å². The molecule has 0 atom stereocenters. The Balaban J connectivity index is 1.35. The number of aryl methyl sites for hydroxylation is 1. The molecule has 13 heteroatoms. The molecule has 4 aromatic rings. The van der Waals surface area contributed by atoms with Gasteiger partial charge in [-0.3, -0.25) is 24.1 Å². The first kappa shape index (κ1) is 29.6. The summed E-state index contributed by atoms with van der Waals surface area (Å²) in [4.78, 5) is 52.4. The van der Waals surface area contributed by atoms with E-state index in [1.807, 2.05) is 0 Å². The van der Waals surface area contributed by atoms with Crippen molar-refractivity contribution in [3.8, 4) is 22.6 Å². The van der Waals surface area contributed by atoms with Crippen molar-refractivity contribution in [2.24, 2.45) is 0 Å². The molecule has 2 aliphatic rings. The molecule has 0 unspecified atom stereocenters. The summed E-state index contributed by atoms with van der Waals surface area (Å²) in [6, 6.07) is 13.1. The molecule has 0 bridgehead atoms. The van der Waals surface area contributed by atoms with Crippen LogP contribution in [0, 0.1) is 6.92 Å². The van der Waals surface area contributed by atoms with Crippen LogP contribution >= 0.6 is 0 Å². The number of hydrogen-bond acceptors (Lipinski definition) is 5. The summed E-state index contributed by atoms with van der Waals surface area (Å²) in [5, 5.41) is 0. The maximum Gasteiger partial charge on any atom is 0.417 e. The smallest absolute Gasteiger partial charge is 0.417 e. The second-order valence-corrected chi connectivity index (χ2v) is 10.4. The molecule has 0 radical (unpaired) electrons. The van der Waals surface area contributed by atoms with Gasteiger partial charge < -0.3 is 4.74 Å². The number of rotatable bonds is 4. The Morgan fingerprint density at radius 1 is 0.533 bits per heavy atom. The van der Waals surface area contributed by atoms with Crippen LogP contribution in [0.3, 0.4) is 0 Å². The number of hydrogen-bond donors (Lipinski definition) is 0. The standard InChI is InChI=1S/C32H18F6N2O5/c1-15-3-7-19(25(11-15)31(33,34)35)20-8-4-16(12-26(20)32(36,37)38)40-29(43)22-10-6-18(14-24(22)30(40)44)45-17-5-9-21-23(13-17)28(42)39(2)27(21)41/h3-14H,1-2H3. The number of ether oxygens (including phenoxy) is 1. The maximum atomic E-state index is 14.2. The zero-order chi connectivity index (χ0) is 32.6. The van der Waals surface area contributed by atoms with Gasteiger partial charge in [-0.05, 0) is 72.6 Å². The highest BCUT2D eigenvalue weighted by Gasteiger charge is 2.42. The van der Waals surface area contributed by atoms with Crippen LogP contribution in [0.15, 0.2) is 72.8 Å². The molecule has 0 aliphatic carbocycles. The van der Waals surface area contributed by atoms with E-state index in [4.69, 9.17) is 4.74 Å². The molecule has 0 fully saturated rings. The van der Waals surface area contributed by atoms with Crippen molar-refractivity contribution in [3.63, 3.8) is 0 Å². The van der Waals surface area contributed by atoms with E-state index in [1.54, 1.807) is 0 Å². The molecular formula is C32H18F6N2O5. The quantitative estimate of drug-likeness (QED) is 0.173. The molecule has 0 spiro atoms. The van der Waals surface area contributed by atoms with Gasteiger partial charge in [-0.1, -0.05) is 23.8 Å². The van der Waals surface area contributed by atoms with Gasteiger partial charge in [-0.25, -0.2) is 4.90 Å². The average molecular weight is 624 g/mol. The molecule has 0 saturated heterocycles. The van der Waals surface area contributed by atoms with Gasteiger partial charge in [-0.2, -0.15) is 26.3 Å². The van der Waals surface area contributed by atoms with E-state index in [0.29, 0.717) is 11.0 Å². The Kier molecular flexibility index (Phi) is 6.61. The molecule has 4 aromatic carbocycles. The summed E-state index contributed by atoms with van der Waals surface area (Å²) < 4.78 is 89.8. The first-order chi connectivity index (χ1) is 21.1. The van der Waals surface area contributed by atoms with E-state index in [1.165, 1.54) is 56.4 Å². The van der Waals surface area contributed by atoms with Crippen molar-refractivity contribution in [2.75, 3.05) is 11.9 Å². The molecule has 2 aliphatic heterocycles. The predicted octanol–water partition coefficient (Wildman–Crippen LogP) is 7.52. The van der Waals surface area contributed by atoms with Crippen LogP contribution in [0.5, 0.6) is 11.5 Å². The van der Waals surface area contributed by atoms with E-state index in [0.717, 1.165) is 29.2 Å². The minimum Gasteiger partial charge on any atom is -0.457 e. The van der Waals surface area contributed by atoms with Gasteiger partial charge in [0.05, 0.1) is 39.1 Å². The number of anilines is 1. The summed E-state index contributed by atoms with van der Waals surface area (Å²) in [7, 11) is 1.33. The fourth-order valence-electron chi connectivity index (χ4n) is 5.33. The van der Waals surface area contributed by atoms with E-state index >= 15 is 0 Å². The SMILES string of the molecule is Cc1ccc(-c2ccc(N3C(=O)c4ccc(Oc5ccc6c(c5)C(=O)N(C)C6=O)cc4C3=O)cc2C(F)(F)F)c(C(F)(F)F)c1. The maximum absolute atomic E-state index is 14.2. The van der Waals surface area contributed by atoms with Crippen LogP contribution in [0.2, 0.25) is 0 Å². The van der Waals surface area contributed by atoms with E-state index < -0.39 is 63.9 Å². The lowest BCUT2D eigenvalue weighted by molar-refractivity contribution is -0.139. The summed E-state index contributed by atoms with van der Waals surface area (Å²) in [6.45, 7) is 1.37. The second-order valence-electron chi connectivity index (χ2n) is 10.4. The summed E-state index contributed by atoms with van der Waals surface area (Å²) in [5.74, 6) is -2.76. The summed E-state index contributed by atoms with van der Waals surface area (Å²) >= 11 is 0. The van der Waals surface area contributed by atoms with E-state index in [-0.39, 0.29) is 39.3 Å². The summed E-state index contributed by atoms with van der Waals surface area (Å²) in [6.07, 6.45) is -10.1. The topological polar surface area (TPSA) is 84.0 Å². The Hall–Kier alpha value is -5.46. The number of nitrogens with zero attached hydrogens (tertiary/aromatic N) is 2. The number of fused-ring (bicyclic) bond motifs is 2. The van der Waals surface area contributed by atoms with Gasteiger partial charge in [0.2, 0.25) is 0 Å². The van der Waals surface area contributed by atoms with Gasteiger partial charge in [0, 0.05) is 7.05 Å². The molecule has 0 N–H and O–H groups in total. The third-order valence-electron chi connectivity index (χ3n) is 7.49. The van der Waals surface area contributed by atoms with Gasteiger partial charge in [0.1, 0.15) is 11.5 Å². The van der Waals surface area contributed by atoms with Crippen molar-refractivity contribution in [3.05, 3.63) is 112 Å². The fourth-order valence-corrected chi connectivity index (χ4v) is 5.33. The van der Waals surface area contributed by atoms with Crippen molar-refractivity contribution in [1.29, 1.82) is 0 Å². The molecule has 228 valence electrons. The normalized spacial score (nSPS) is 14.8. The Morgan fingerprint density at radius 3 is 1.56 bits per heavy atom. The number of imide groups is 2. The minimum absolute atomic E-state index is 0.0483. The zero-order valence-electron chi connectivity index (χ0n) is 23.1. The molecule has 6 rings (SSSR count). The number of carbonyl (C=O) groups excluding carboxylic acids is 4. The highest BCUT2D eigenvalue weighted by molar-refractivity contribution is 6.34. The Labute approximate surface area is 250 Å². The molecule has 4 amide bonds. The lowest BCUT2D eigenvalue weighted by Crippen LogP contribution is -2.29. The Bertz CT molecular complexity index is 1980. The molecule has 7 nitrogen and oxygen atoms in total. The molecule has 0 aromatic heterocycles. The first-order valence-corrected chi connectivity index (χ1v) is 13.1. The number of amides is 4. The minimum atomic E-state index is -5.14. The highest BCUT2D eigenvalue weighted by atomic mass is 19.4. The molecule has 0 saturated carbocycles. The molecule has 2 heterocycles. The number of benzene rings is 4. The largest absolute Gasteiger partial charge is 0.457 e. The van der Waals surface area contributed by atoms with Crippen LogP contribution in [-0.4, -0.2) is 35.6 Å². The second kappa shape index (κ2) is 10.0. The van der Waals surface area contributed by atoms with Gasteiger partial charge in [0.25, 0.3) is 23.6 Å². The average Bonchev–Trinajstić information content (AvgIpc) is 3.35. The van der Waals surface area contributed by atoms with Gasteiger partial charge in [-0.15, -0.1) is 0 Å².